The van der Waals surface area contributed by atoms with Crippen molar-refractivity contribution in [2.45, 2.75) is 12.5 Å². The molecule has 1 rings (SSSR count). The summed E-state index contributed by atoms with van der Waals surface area (Å²) in [6.45, 7) is 0.0583. The summed E-state index contributed by atoms with van der Waals surface area (Å²) in [5, 5.41) is 0. The molecule has 0 radical (unpaired) electrons. The van der Waals surface area contributed by atoms with Gasteiger partial charge in [0.1, 0.15) is 0 Å². The van der Waals surface area contributed by atoms with Gasteiger partial charge in [-0.25, -0.2) is 8.78 Å². The van der Waals surface area contributed by atoms with Gasteiger partial charge in [0.05, 0.1) is 6.54 Å². The van der Waals surface area contributed by atoms with Crippen LogP contribution in [0.25, 0.3) is 0 Å². The zero-order valence-corrected chi connectivity index (χ0v) is 10.6. The van der Waals surface area contributed by atoms with E-state index in [1.54, 1.807) is 11.9 Å². The summed E-state index contributed by atoms with van der Waals surface area (Å²) in [6, 6.07) is 7.39. The molecule has 16 heavy (non-hydrogen) atoms. The molecule has 0 heterocycles. The fourth-order valence-electron chi connectivity index (χ4n) is 1.60. The lowest BCUT2D eigenvalue weighted by atomic mass is 10.1. The van der Waals surface area contributed by atoms with Crippen LogP contribution in [0.4, 0.5) is 8.78 Å². The number of likely N-dealkylation sites (N-methyl/N-ethyl adjacent to an activating group) is 1. The van der Waals surface area contributed by atoms with Crippen LogP contribution in [0, 0.1) is 0 Å². The first kappa shape index (κ1) is 13.5. The highest BCUT2D eigenvalue weighted by Crippen LogP contribution is 2.21. The molecule has 1 unspecified atom stereocenters. The zero-order valence-electron chi connectivity index (χ0n) is 9.04. The van der Waals surface area contributed by atoms with Crippen molar-refractivity contribution in [3.05, 3.63) is 34.3 Å². The number of nitrogens with zero attached hydrogens (tertiary/aromatic N) is 1. The van der Waals surface area contributed by atoms with E-state index in [1.165, 1.54) is 0 Å². The maximum Gasteiger partial charge on any atom is 0.251 e. The lowest BCUT2D eigenvalue weighted by Gasteiger charge is -2.26. The molecule has 5 heteroatoms. The molecule has 0 bridgehead atoms. The topological polar surface area (TPSA) is 29.3 Å². The van der Waals surface area contributed by atoms with Gasteiger partial charge in [0.2, 0.25) is 0 Å². The predicted octanol–water partition coefficient (Wildman–Crippen LogP) is 2.65. The highest BCUT2D eigenvalue weighted by atomic mass is 79.9. The molecule has 1 aromatic rings. The van der Waals surface area contributed by atoms with Gasteiger partial charge in [0.15, 0.2) is 0 Å². The van der Waals surface area contributed by atoms with Crippen molar-refractivity contribution < 1.29 is 8.78 Å². The maximum absolute atomic E-state index is 12.3. The third-order valence-corrected chi connectivity index (χ3v) is 2.96. The first-order valence-corrected chi connectivity index (χ1v) is 5.77. The number of nitrogens with two attached hydrogens (primary N) is 1. The molecule has 0 amide bonds. The fourth-order valence-corrected chi connectivity index (χ4v) is 1.86. The summed E-state index contributed by atoms with van der Waals surface area (Å²) in [5.41, 5.74) is 6.57. The lowest BCUT2D eigenvalue weighted by molar-refractivity contribution is 0.0822. The standard InChI is InChI=1S/C11H15BrF2N2/c1-16(7-11(13)14)10(6-15)8-2-4-9(12)5-3-8/h2-5,10-11H,6-7,15H2,1H3. The molecule has 0 aliphatic heterocycles. The molecule has 0 saturated heterocycles. The average Bonchev–Trinajstić information content (AvgIpc) is 2.21. The van der Waals surface area contributed by atoms with Gasteiger partial charge in [-0.1, -0.05) is 28.1 Å². The second kappa shape index (κ2) is 6.27. The van der Waals surface area contributed by atoms with Gasteiger partial charge in [0.25, 0.3) is 6.43 Å². The Bertz CT molecular complexity index is 316. The SMILES string of the molecule is CN(CC(F)F)C(CN)c1ccc(Br)cc1. The number of hydrogen-bond donors (Lipinski definition) is 1. The van der Waals surface area contributed by atoms with Crippen molar-refractivity contribution in [1.29, 1.82) is 0 Å². The van der Waals surface area contributed by atoms with E-state index >= 15 is 0 Å². The first-order chi connectivity index (χ1) is 7.54. The molecular weight excluding hydrogens is 278 g/mol. The third kappa shape index (κ3) is 3.81. The molecule has 0 saturated carbocycles. The van der Waals surface area contributed by atoms with E-state index in [4.69, 9.17) is 5.73 Å². The third-order valence-electron chi connectivity index (χ3n) is 2.44. The van der Waals surface area contributed by atoms with E-state index in [0.717, 1.165) is 10.0 Å². The quantitative estimate of drug-likeness (QED) is 0.904. The first-order valence-electron chi connectivity index (χ1n) is 4.98. The predicted molar refractivity (Wildman–Crippen MR) is 64.6 cm³/mol. The lowest BCUT2D eigenvalue weighted by Crippen LogP contribution is -2.33. The molecular formula is C11H15BrF2N2. The summed E-state index contributed by atoms with van der Waals surface area (Å²) in [4.78, 5) is 1.58. The van der Waals surface area contributed by atoms with Crippen molar-refractivity contribution in [3.8, 4) is 0 Å². The Hall–Kier alpha value is -0.520. The summed E-state index contributed by atoms with van der Waals surface area (Å²) < 4.78 is 25.5. The van der Waals surface area contributed by atoms with Gasteiger partial charge >= 0.3 is 0 Å². The second-order valence-electron chi connectivity index (χ2n) is 3.63. The van der Waals surface area contributed by atoms with Crippen LogP contribution in [-0.4, -0.2) is 31.5 Å². The Balaban J connectivity index is 2.77. The van der Waals surface area contributed by atoms with E-state index in [0.29, 0.717) is 6.54 Å². The van der Waals surface area contributed by atoms with Crippen molar-refractivity contribution in [2.75, 3.05) is 20.1 Å². The Morgan fingerprint density at radius 2 is 1.88 bits per heavy atom. The Kier molecular flexibility index (Phi) is 5.31. The summed E-state index contributed by atoms with van der Waals surface area (Å²) in [5.74, 6) is 0. The highest BCUT2D eigenvalue weighted by Gasteiger charge is 2.18. The molecule has 1 aromatic carbocycles. The van der Waals surface area contributed by atoms with Crippen LogP contribution in [-0.2, 0) is 0 Å². The molecule has 0 fully saturated rings. The van der Waals surface area contributed by atoms with Crippen LogP contribution < -0.4 is 5.73 Å². The van der Waals surface area contributed by atoms with E-state index in [1.807, 2.05) is 24.3 Å². The fraction of sp³-hybridized carbons (Fsp3) is 0.455. The van der Waals surface area contributed by atoms with E-state index in [2.05, 4.69) is 15.9 Å². The molecule has 0 aliphatic carbocycles. The molecule has 0 spiro atoms. The summed E-state index contributed by atoms with van der Waals surface area (Å²) in [6.07, 6.45) is -2.34. The molecule has 0 aromatic heterocycles. The van der Waals surface area contributed by atoms with Gasteiger partial charge in [-0.05, 0) is 24.7 Å². The van der Waals surface area contributed by atoms with Crippen molar-refractivity contribution >= 4 is 15.9 Å². The molecule has 2 nitrogen and oxygen atoms in total. The minimum atomic E-state index is -2.34. The van der Waals surface area contributed by atoms with Crippen LogP contribution >= 0.6 is 15.9 Å². The number of rotatable bonds is 5. The Labute approximate surface area is 103 Å². The minimum Gasteiger partial charge on any atom is -0.329 e. The van der Waals surface area contributed by atoms with Crippen LogP contribution in [0.1, 0.15) is 11.6 Å². The van der Waals surface area contributed by atoms with Gasteiger partial charge < -0.3 is 5.73 Å². The van der Waals surface area contributed by atoms with Crippen LogP contribution in [0.3, 0.4) is 0 Å². The highest BCUT2D eigenvalue weighted by molar-refractivity contribution is 9.10. The van der Waals surface area contributed by atoms with Gasteiger partial charge in [-0.15, -0.1) is 0 Å². The molecule has 90 valence electrons. The van der Waals surface area contributed by atoms with Gasteiger partial charge in [0, 0.05) is 17.1 Å². The minimum absolute atomic E-state index is 0.165. The monoisotopic (exact) mass is 292 g/mol. The number of halogens is 3. The summed E-state index contributed by atoms with van der Waals surface area (Å²) in [7, 11) is 1.66. The van der Waals surface area contributed by atoms with Crippen molar-refractivity contribution in [3.63, 3.8) is 0 Å². The Morgan fingerprint density at radius 3 is 2.31 bits per heavy atom. The van der Waals surface area contributed by atoms with Crippen molar-refractivity contribution in [2.24, 2.45) is 5.73 Å². The van der Waals surface area contributed by atoms with Crippen LogP contribution in [0.2, 0.25) is 0 Å². The maximum atomic E-state index is 12.3. The van der Waals surface area contributed by atoms with E-state index in [9.17, 15) is 8.78 Å². The van der Waals surface area contributed by atoms with Crippen molar-refractivity contribution in [1.82, 2.24) is 4.90 Å². The second-order valence-corrected chi connectivity index (χ2v) is 4.55. The summed E-state index contributed by atoms with van der Waals surface area (Å²) >= 11 is 3.33. The van der Waals surface area contributed by atoms with Gasteiger partial charge in [-0.2, -0.15) is 0 Å². The molecule has 1 atom stereocenters. The number of alkyl halides is 2. The molecule has 2 N–H and O–H groups in total. The van der Waals surface area contributed by atoms with Crippen LogP contribution in [0.5, 0.6) is 0 Å². The number of hydrogen-bond acceptors (Lipinski definition) is 2. The zero-order chi connectivity index (χ0) is 12.1. The van der Waals surface area contributed by atoms with E-state index in [-0.39, 0.29) is 12.6 Å². The molecule has 0 aliphatic rings. The Morgan fingerprint density at radius 1 is 1.31 bits per heavy atom. The van der Waals surface area contributed by atoms with Gasteiger partial charge in [-0.3, -0.25) is 4.90 Å². The largest absolute Gasteiger partial charge is 0.329 e. The van der Waals surface area contributed by atoms with E-state index < -0.39 is 6.43 Å². The normalized spacial score (nSPS) is 13.4. The average molecular weight is 293 g/mol. The van der Waals surface area contributed by atoms with Crippen LogP contribution in [0.15, 0.2) is 28.7 Å². The number of benzene rings is 1. The smallest absolute Gasteiger partial charge is 0.251 e.